The Bertz CT molecular complexity index is 567. The van der Waals surface area contributed by atoms with Crippen LogP contribution in [0, 0.1) is 0 Å². The number of aryl methyl sites for hydroxylation is 1. The number of hydrogen-bond acceptors (Lipinski definition) is 2. The van der Waals surface area contributed by atoms with E-state index in [1.165, 1.54) is 0 Å². The Kier molecular flexibility index (Phi) is 4.31. The van der Waals surface area contributed by atoms with Gasteiger partial charge < -0.3 is 5.32 Å². The minimum Gasteiger partial charge on any atom is -0.384 e. The minimum absolute atomic E-state index is 0.620. The van der Waals surface area contributed by atoms with Crippen LogP contribution in [0.2, 0.25) is 10.0 Å². The molecule has 0 spiro atoms. The van der Waals surface area contributed by atoms with E-state index in [0.717, 1.165) is 41.7 Å². The number of rotatable bonds is 4. The topological polar surface area (TPSA) is 24.9 Å². The number of pyridine rings is 1. The number of benzene rings is 1. The van der Waals surface area contributed by atoms with Crippen LogP contribution in [0.4, 0.5) is 5.69 Å². The fraction of sp³-hybridized carbons (Fsp3) is 0.357. The molecule has 0 aliphatic carbocycles. The Morgan fingerprint density at radius 2 is 1.94 bits per heavy atom. The lowest BCUT2D eigenvalue weighted by molar-refractivity contribution is 0.977. The fourth-order valence-corrected chi connectivity index (χ4v) is 2.51. The van der Waals surface area contributed by atoms with Crippen LogP contribution in [-0.4, -0.2) is 11.5 Å². The molecule has 2 nitrogen and oxygen atoms in total. The lowest BCUT2D eigenvalue weighted by Crippen LogP contribution is -2.02. The molecule has 2 aromatic rings. The summed E-state index contributed by atoms with van der Waals surface area (Å²) in [6.07, 6.45) is 1.96. The Morgan fingerprint density at radius 3 is 2.61 bits per heavy atom. The summed E-state index contributed by atoms with van der Waals surface area (Å²) in [7, 11) is 0. The first-order valence-electron chi connectivity index (χ1n) is 6.18. The van der Waals surface area contributed by atoms with Gasteiger partial charge in [0, 0.05) is 28.3 Å². The van der Waals surface area contributed by atoms with Crippen molar-refractivity contribution >= 4 is 39.8 Å². The molecular formula is C14H16Cl2N2. The van der Waals surface area contributed by atoms with E-state index in [4.69, 9.17) is 23.2 Å². The van der Waals surface area contributed by atoms with Gasteiger partial charge in [-0.25, -0.2) is 0 Å². The standard InChI is InChI=1S/C14H16Cl2N2/c1-3-5-17-12-8-10(4-2)18-13-7-9(15)6-11(16)14(12)13/h6-8H,3-5H2,1-2H3,(H,17,18). The average molecular weight is 283 g/mol. The highest BCUT2D eigenvalue weighted by atomic mass is 35.5. The summed E-state index contributed by atoms with van der Waals surface area (Å²) in [5.74, 6) is 0. The summed E-state index contributed by atoms with van der Waals surface area (Å²) in [5, 5.41) is 5.62. The smallest absolute Gasteiger partial charge is 0.0755 e. The highest BCUT2D eigenvalue weighted by molar-refractivity contribution is 6.39. The number of nitrogens with one attached hydrogen (secondary N) is 1. The number of nitrogens with zero attached hydrogens (tertiary/aromatic N) is 1. The van der Waals surface area contributed by atoms with Crippen molar-refractivity contribution in [1.29, 1.82) is 0 Å². The summed E-state index contributed by atoms with van der Waals surface area (Å²) in [4.78, 5) is 4.58. The number of aromatic nitrogens is 1. The van der Waals surface area contributed by atoms with E-state index in [1.807, 2.05) is 6.07 Å². The molecule has 0 radical (unpaired) electrons. The molecule has 1 aromatic carbocycles. The zero-order valence-corrected chi connectivity index (χ0v) is 12.1. The van der Waals surface area contributed by atoms with Gasteiger partial charge in [0.2, 0.25) is 0 Å². The van der Waals surface area contributed by atoms with Gasteiger partial charge in [-0.1, -0.05) is 37.0 Å². The van der Waals surface area contributed by atoms with E-state index >= 15 is 0 Å². The van der Waals surface area contributed by atoms with E-state index in [1.54, 1.807) is 6.07 Å². The maximum atomic E-state index is 6.28. The molecule has 1 heterocycles. The highest BCUT2D eigenvalue weighted by Crippen LogP contribution is 2.33. The molecule has 0 amide bonds. The van der Waals surface area contributed by atoms with E-state index in [0.29, 0.717) is 10.0 Å². The molecule has 96 valence electrons. The molecule has 0 aliphatic rings. The maximum Gasteiger partial charge on any atom is 0.0755 e. The quantitative estimate of drug-likeness (QED) is 0.860. The van der Waals surface area contributed by atoms with E-state index in [2.05, 4.69) is 30.2 Å². The van der Waals surface area contributed by atoms with Crippen LogP contribution in [-0.2, 0) is 6.42 Å². The van der Waals surface area contributed by atoms with Gasteiger partial charge in [-0.05, 0) is 31.0 Å². The normalized spacial score (nSPS) is 10.9. The molecule has 4 heteroatoms. The third-order valence-corrected chi connectivity index (χ3v) is 3.32. The van der Waals surface area contributed by atoms with Crippen molar-refractivity contribution in [3.8, 4) is 0 Å². The number of halogens is 2. The maximum absolute atomic E-state index is 6.28. The lowest BCUT2D eigenvalue weighted by Gasteiger charge is -2.12. The van der Waals surface area contributed by atoms with Crippen LogP contribution in [0.1, 0.15) is 26.0 Å². The van der Waals surface area contributed by atoms with Gasteiger partial charge in [-0.15, -0.1) is 0 Å². The second-order valence-electron chi connectivity index (χ2n) is 4.22. The second-order valence-corrected chi connectivity index (χ2v) is 5.07. The van der Waals surface area contributed by atoms with Crippen LogP contribution in [0.15, 0.2) is 18.2 Å². The minimum atomic E-state index is 0.620. The summed E-state index contributed by atoms with van der Waals surface area (Å²) in [6.45, 7) is 5.14. The third-order valence-electron chi connectivity index (χ3n) is 2.81. The predicted molar refractivity (Wildman–Crippen MR) is 79.9 cm³/mol. The molecular weight excluding hydrogens is 267 g/mol. The third kappa shape index (κ3) is 2.70. The molecule has 0 saturated carbocycles. The van der Waals surface area contributed by atoms with Crippen molar-refractivity contribution in [3.05, 3.63) is 33.9 Å². The summed E-state index contributed by atoms with van der Waals surface area (Å²) in [6, 6.07) is 5.69. The van der Waals surface area contributed by atoms with Crippen LogP contribution in [0.5, 0.6) is 0 Å². The first-order valence-corrected chi connectivity index (χ1v) is 6.93. The van der Waals surface area contributed by atoms with Crippen LogP contribution in [0.25, 0.3) is 10.9 Å². The molecule has 1 N–H and O–H groups in total. The van der Waals surface area contributed by atoms with Crippen LogP contribution >= 0.6 is 23.2 Å². The van der Waals surface area contributed by atoms with Gasteiger partial charge in [0.15, 0.2) is 0 Å². The van der Waals surface area contributed by atoms with Crippen molar-refractivity contribution < 1.29 is 0 Å². The highest BCUT2D eigenvalue weighted by Gasteiger charge is 2.09. The molecule has 0 unspecified atom stereocenters. The number of hydrogen-bond donors (Lipinski definition) is 1. The Labute approximate surface area is 117 Å². The SMILES string of the molecule is CCCNc1cc(CC)nc2cc(Cl)cc(Cl)c12. The molecule has 0 bridgehead atoms. The van der Waals surface area contributed by atoms with Crippen LogP contribution in [0.3, 0.4) is 0 Å². The first-order chi connectivity index (χ1) is 8.65. The lowest BCUT2D eigenvalue weighted by atomic mass is 10.1. The van der Waals surface area contributed by atoms with Gasteiger partial charge in [0.05, 0.1) is 10.5 Å². The Hall–Kier alpha value is -0.990. The van der Waals surface area contributed by atoms with Gasteiger partial charge in [0.1, 0.15) is 0 Å². The average Bonchev–Trinajstić information content (AvgIpc) is 2.34. The molecule has 0 saturated heterocycles. The largest absolute Gasteiger partial charge is 0.384 e. The number of anilines is 1. The van der Waals surface area contributed by atoms with Gasteiger partial charge in [0.25, 0.3) is 0 Å². The molecule has 18 heavy (non-hydrogen) atoms. The number of fused-ring (bicyclic) bond motifs is 1. The van der Waals surface area contributed by atoms with Gasteiger partial charge in [-0.3, -0.25) is 4.98 Å². The zero-order valence-electron chi connectivity index (χ0n) is 10.6. The van der Waals surface area contributed by atoms with Crippen LogP contribution < -0.4 is 5.32 Å². The summed E-state index contributed by atoms with van der Waals surface area (Å²) in [5.41, 5.74) is 2.94. The van der Waals surface area contributed by atoms with Crippen molar-refractivity contribution in [1.82, 2.24) is 4.98 Å². The predicted octanol–water partition coefficient (Wildman–Crippen LogP) is 4.93. The zero-order chi connectivity index (χ0) is 13.1. The Balaban J connectivity index is 2.64. The summed E-state index contributed by atoms with van der Waals surface area (Å²) >= 11 is 12.3. The monoisotopic (exact) mass is 282 g/mol. The van der Waals surface area contributed by atoms with Crippen molar-refractivity contribution in [2.24, 2.45) is 0 Å². The second kappa shape index (κ2) is 5.77. The first kappa shape index (κ1) is 13.4. The molecule has 1 aromatic heterocycles. The van der Waals surface area contributed by atoms with E-state index < -0.39 is 0 Å². The van der Waals surface area contributed by atoms with E-state index in [9.17, 15) is 0 Å². The molecule has 0 atom stereocenters. The Morgan fingerprint density at radius 1 is 1.17 bits per heavy atom. The van der Waals surface area contributed by atoms with Crippen molar-refractivity contribution in [2.45, 2.75) is 26.7 Å². The van der Waals surface area contributed by atoms with Gasteiger partial charge >= 0.3 is 0 Å². The molecule has 0 fully saturated rings. The van der Waals surface area contributed by atoms with E-state index in [-0.39, 0.29) is 0 Å². The van der Waals surface area contributed by atoms with Gasteiger partial charge in [-0.2, -0.15) is 0 Å². The summed E-state index contributed by atoms with van der Waals surface area (Å²) < 4.78 is 0. The van der Waals surface area contributed by atoms with Crippen molar-refractivity contribution in [3.63, 3.8) is 0 Å². The molecule has 2 rings (SSSR count). The molecule has 0 aliphatic heterocycles. The fourth-order valence-electron chi connectivity index (χ4n) is 1.92. The van der Waals surface area contributed by atoms with Crippen molar-refractivity contribution in [2.75, 3.05) is 11.9 Å².